The maximum absolute atomic E-state index is 2.35. The minimum Gasteiger partial charge on any atom is -0.0616 e. The zero-order valence-electron chi connectivity index (χ0n) is 20.9. The average molecular weight is 481 g/mol. The Morgan fingerprint density at radius 2 is 0.816 bits per heavy atom. The third-order valence-electron chi connectivity index (χ3n) is 8.02. The van der Waals surface area contributed by atoms with Gasteiger partial charge in [0.05, 0.1) is 0 Å². The minimum atomic E-state index is 1.25. The van der Waals surface area contributed by atoms with E-state index in [9.17, 15) is 0 Å². The van der Waals surface area contributed by atoms with Crippen LogP contribution in [0.3, 0.4) is 0 Å². The first-order valence-electron chi connectivity index (χ1n) is 13.2. The Morgan fingerprint density at radius 3 is 1.63 bits per heavy atom. The molecule has 0 N–H and O–H groups in total. The molecule has 8 aromatic carbocycles. The van der Waals surface area contributed by atoms with Gasteiger partial charge in [-0.25, -0.2) is 0 Å². The summed E-state index contributed by atoms with van der Waals surface area (Å²) in [6.07, 6.45) is 0. The molecule has 0 atom stereocenters. The molecule has 0 spiro atoms. The van der Waals surface area contributed by atoms with Crippen LogP contribution in [0.4, 0.5) is 0 Å². The van der Waals surface area contributed by atoms with Crippen LogP contribution in [0, 0.1) is 0 Å². The van der Waals surface area contributed by atoms with Crippen LogP contribution < -0.4 is 0 Å². The van der Waals surface area contributed by atoms with Crippen molar-refractivity contribution in [2.75, 3.05) is 0 Å². The highest BCUT2D eigenvalue weighted by molar-refractivity contribution is 6.14. The van der Waals surface area contributed by atoms with Gasteiger partial charge in [-0.3, -0.25) is 0 Å². The van der Waals surface area contributed by atoms with E-state index in [2.05, 4.69) is 146 Å². The fraction of sp³-hybridized carbons (Fsp3) is 0. The van der Waals surface area contributed by atoms with Crippen LogP contribution in [0.5, 0.6) is 0 Å². The van der Waals surface area contributed by atoms with Crippen LogP contribution in [0.15, 0.2) is 146 Å². The van der Waals surface area contributed by atoms with Crippen molar-refractivity contribution in [1.29, 1.82) is 0 Å². The van der Waals surface area contributed by atoms with E-state index < -0.39 is 0 Å². The van der Waals surface area contributed by atoms with E-state index in [4.69, 9.17) is 0 Å². The van der Waals surface area contributed by atoms with Gasteiger partial charge < -0.3 is 0 Å². The number of hydrogen-bond acceptors (Lipinski definition) is 0. The van der Waals surface area contributed by atoms with Crippen molar-refractivity contribution in [3.63, 3.8) is 0 Å². The van der Waals surface area contributed by atoms with Gasteiger partial charge in [0, 0.05) is 0 Å². The number of hydrogen-bond donors (Lipinski definition) is 0. The first-order valence-corrected chi connectivity index (χ1v) is 13.2. The largest absolute Gasteiger partial charge is 0.0616 e. The van der Waals surface area contributed by atoms with E-state index in [-0.39, 0.29) is 0 Å². The van der Waals surface area contributed by atoms with Crippen LogP contribution in [-0.4, -0.2) is 0 Å². The lowest BCUT2D eigenvalue weighted by Crippen LogP contribution is -1.88. The predicted octanol–water partition coefficient (Wildman–Crippen LogP) is 10.8. The van der Waals surface area contributed by atoms with Crippen molar-refractivity contribution in [3.05, 3.63) is 146 Å². The van der Waals surface area contributed by atoms with Gasteiger partial charge in [0.2, 0.25) is 0 Å². The Bertz CT molecular complexity index is 2180. The van der Waals surface area contributed by atoms with Crippen LogP contribution >= 0.6 is 0 Å². The summed E-state index contributed by atoms with van der Waals surface area (Å²) in [5.41, 5.74) is 5.08. The maximum atomic E-state index is 2.35. The molecule has 0 aliphatic heterocycles. The second-order valence-electron chi connectivity index (χ2n) is 10.2. The standard InChI is InChI=1S/C38H24/c1-2-10-27-24-38-30(22-26(27)9-1)17-16-28-23-29(18-19-33(28)38)32-20-21-37(36-14-6-5-13-34(32)36)35-15-7-11-25-8-3-4-12-31(25)35/h1-24H. The molecule has 176 valence electrons. The zero-order valence-corrected chi connectivity index (χ0v) is 20.9. The van der Waals surface area contributed by atoms with Gasteiger partial charge in [-0.2, -0.15) is 0 Å². The van der Waals surface area contributed by atoms with E-state index in [0.717, 1.165) is 0 Å². The molecule has 0 saturated heterocycles. The monoisotopic (exact) mass is 480 g/mol. The van der Waals surface area contributed by atoms with Crippen LogP contribution in [0.1, 0.15) is 0 Å². The highest BCUT2D eigenvalue weighted by Crippen LogP contribution is 2.39. The molecule has 8 aromatic rings. The topological polar surface area (TPSA) is 0 Å². The van der Waals surface area contributed by atoms with Crippen molar-refractivity contribution in [2.45, 2.75) is 0 Å². The highest BCUT2D eigenvalue weighted by atomic mass is 14.2. The molecular formula is C38H24. The third kappa shape index (κ3) is 3.24. The van der Waals surface area contributed by atoms with Crippen molar-refractivity contribution < 1.29 is 0 Å². The number of benzene rings is 8. The average Bonchev–Trinajstić information content (AvgIpc) is 2.99. The maximum Gasteiger partial charge on any atom is -0.00987 e. The fourth-order valence-electron chi connectivity index (χ4n) is 6.17. The first kappa shape index (κ1) is 21.2. The van der Waals surface area contributed by atoms with Gasteiger partial charge in [0.25, 0.3) is 0 Å². The van der Waals surface area contributed by atoms with E-state index >= 15 is 0 Å². The van der Waals surface area contributed by atoms with E-state index in [1.807, 2.05) is 0 Å². The van der Waals surface area contributed by atoms with Crippen molar-refractivity contribution in [3.8, 4) is 22.3 Å². The number of fused-ring (bicyclic) bond motifs is 6. The van der Waals surface area contributed by atoms with Gasteiger partial charge in [-0.15, -0.1) is 0 Å². The Morgan fingerprint density at radius 1 is 0.237 bits per heavy atom. The molecule has 0 heterocycles. The summed E-state index contributed by atoms with van der Waals surface area (Å²) >= 11 is 0. The predicted molar refractivity (Wildman–Crippen MR) is 165 cm³/mol. The molecule has 0 fully saturated rings. The lowest BCUT2D eigenvalue weighted by molar-refractivity contribution is 1.66. The molecule has 0 saturated carbocycles. The summed E-state index contributed by atoms with van der Waals surface area (Å²) < 4.78 is 0. The summed E-state index contributed by atoms with van der Waals surface area (Å²) in [7, 11) is 0. The smallest absolute Gasteiger partial charge is 0.00987 e. The quantitative estimate of drug-likeness (QED) is 0.170. The molecule has 0 aliphatic carbocycles. The molecule has 38 heavy (non-hydrogen) atoms. The van der Waals surface area contributed by atoms with E-state index in [1.165, 1.54) is 76.1 Å². The lowest BCUT2D eigenvalue weighted by atomic mass is 9.89. The summed E-state index contributed by atoms with van der Waals surface area (Å²) in [5, 5.41) is 12.9. The molecule has 0 amide bonds. The Balaban J connectivity index is 1.33. The molecule has 0 nitrogen and oxygen atoms in total. The van der Waals surface area contributed by atoms with Crippen molar-refractivity contribution >= 4 is 53.9 Å². The Hall–Kier alpha value is -4.94. The molecule has 0 radical (unpaired) electrons. The third-order valence-corrected chi connectivity index (χ3v) is 8.02. The van der Waals surface area contributed by atoms with Crippen molar-refractivity contribution in [1.82, 2.24) is 0 Å². The summed E-state index contributed by atoms with van der Waals surface area (Å²) in [6, 6.07) is 53.4. The second-order valence-corrected chi connectivity index (χ2v) is 10.2. The molecule has 0 unspecified atom stereocenters. The molecular weight excluding hydrogens is 456 g/mol. The van der Waals surface area contributed by atoms with Gasteiger partial charge >= 0.3 is 0 Å². The molecule has 0 aliphatic rings. The normalized spacial score (nSPS) is 11.7. The number of rotatable bonds is 2. The van der Waals surface area contributed by atoms with Crippen molar-refractivity contribution in [2.24, 2.45) is 0 Å². The zero-order chi connectivity index (χ0) is 25.1. The van der Waals surface area contributed by atoms with Gasteiger partial charge in [0.1, 0.15) is 0 Å². The molecule has 0 aromatic heterocycles. The van der Waals surface area contributed by atoms with E-state index in [1.54, 1.807) is 0 Å². The van der Waals surface area contributed by atoms with Gasteiger partial charge in [-0.05, 0) is 94.3 Å². The second kappa shape index (κ2) is 8.30. The highest BCUT2D eigenvalue weighted by Gasteiger charge is 2.12. The molecule has 0 heteroatoms. The Labute approximate surface area is 221 Å². The SMILES string of the molecule is c1ccc2cc3c(ccc4cc(-c5ccc(-c6cccc7ccccc67)c6ccccc56)ccc43)cc2c1. The van der Waals surface area contributed by atoms with Crippen LogP contribution in [0.25, 0.3) is 76.1 Å². The minimum absolute atomic E-state index is 1.25. The summed E-state index contributed by atoms with van der Waals surface area (Å²) in [6.45, 7) is 0. The molecule has 0 bridgehead atoms. The lowest BCUT2D eigenvalue weighted by Gasteiger charge is -2.15. The summed E-state index contributed by atoms with van der Waals surface area (Å²) in [4.78, 5) is 0. The fourth-order valence-corrected chi connectivity index (χ4v) is 6.17. The van der Waals surface area contributed by atoms with Crippen LogP contribution in [0.2, 0.25) is 0 Å². The van der Waals surface area contributed by atoms with Gasteiger partial charge in [0.15, 0.2) is 0 Å². The van der Waals surface area contributed by atoms with E-state index in [0.29, 0.717) is 0 Å². The van der Waals surface area contributed by atoms with Gasteiger partial charge in [-0.1, -0.05) is 127 Å². The Kier molecular flexibility index (Phi) is 4.62. The summed E-state index contributed by atoms with van der Waals surface area (Å²) in [5.74, 6) is 0. The van der Waals surface area contributed by atoms with Crippen LogP contribution in [-0.2, 0) is 0 Å². The molecule has 8 rings (SSSR count). The first-order chi connectivity index (χ1) is 18.8.